The second kappa shape index (κ2) is 5.54. The van der Waals surface area contributed by atoms with Crippen molar-refractivity contribution in [2.45, 2.75) is 25.8 Å². The first-order valence-electron chi connectivity index (χ1n) is 8.47. The topological polar surface area (TPSA) is 12.5 Å². The molecule has 0 aromatic heterocycles. The molecular weight excluding hydrogens is 282 g/mol. The van der Waals surface area contributed by atoms with E-state index in [0.29, 0.717) is 12.6 Å². The van der Waals surface area contributed by atoms with Crippen molar-refractivity contribution in [1.82, 2.24) is 4.90 Å². The molecule has 2 heteroatoms. The molecule has 0 unspecified atom stereocenters. The monoisotopic (exact) mass is 305 g/mol. The minimum absolute atomic E-state index is 0.498. The molecule has 0 N–H and O–H groups in total. The van der Waals surface area contributed by atoms with Crippen molar-refractivity contribution in [2.75, 3.05) is 20.2 Å². The van der Waals surface area contributed by atoms with Crippen molar-refractivity contribution < 1.29 is 4.74 Å². The van der Waals surface area contributed by atoms with Gasteiger partial charge in [-0.3, -0.25) is 4.90 Å². The fourth-order valence-corrected chi connectivity index (χ4v) is 4.15. The van der Waals surface area contributed by atoms with Gasteiger partial charge in [0.25, 0.3) is 0 Å². The van der Waals surface area contributed by atoms with Crippen LogP contribution in [-0.4, -0.2) is 25.1 Å². The summed E-state index contributed by atoms with van der Waals surface area (Å²) in [4.78, 5) is 2.50. The number of hydrogen-bond donors (Lipinski definition) is 0. The molecule has 2 aromatic carbocycles. The summed E-state index contributed by atoms with van der Waals surface area (Å²) in [5, 5.41) is 0. The fraction of sp³-hybridized carbons (Fsp3) is 0.333. The zero-order chi connectivity index (χ0) is 16.0. The molecule has 1 atom stereocenters. The van der Waals surface area contributed by atoms with Gasteiger partial charge in [-0.2, -0.15) is 0 Å². The maximum absolute atomic E-state index is 5.72. The number of rotatable bonds is 3. The number of benzene rings is 2. The quantitative estimate of drug-likeness (QED) is 0.777. The fourth-order valence-electron chi connectivity index (χ4n) is 4.15. The lowest BCUT2D eigenvalue weighted by molar-refractivity contribution is 0.228. The van der Waals surface area contributed by atoms with Crippen molar-refractivity contribution in [3.8, 4) is 11.1 Å². The Labute approximate surface area is 138 Å². The van der Waals surface area contributed by atoms with E-state index in [1.807, 2.05) is 6.92 Å². The first-order chi connectivity index (χ1) is 11.2. The standard InChI is InChI=1S/C21H23NO/c1-4-23-14(2)17-9-6-8-16-13-19-21-15(11-12-22(19)3)7-5-10-18(21)20(16)17/h5-10,19H,2,4,11-13H2,1,3H3/t19-/m1/s1. The highest BCUT2D eigenvalue weighted by molar-refractivity contribution is 5.85. The lowest BCUT2D eigenvalue weighted by Gasteiger charge is -2.40. The van der Waals surface area contributed by atoms with Crippen LogP contribution in [0, 0.1) is 0 Å². The van der Waals surface area contributed by atoms with Crippen LogP contribution in [0.2, 0.25) is 0 Å². The zero-order valence-electron chi connectivity index (χ0n) is 13.9. The first kappa shape index (κ1) is 14.5. The average Bonchev–Trinajstić information content (AvgIpc) is 2.57. The summed E-state index contributed by atoms with van der Waals surface area (Å²) in [6.45, 7) is 7.96. The van der Waals surface area contributed by atoms with Crippen LogP contribution in [0.3, 0.4) is 0 Å². The van der Waals surface area contributed by atoms with Crippen LogP contribution in [0.5, 0.6) is 0 Å². The third-order valence-electron chi connectivity index (χ3n) is 5.25. The van der Waals surface area contributed by atoms with Gasteiger partial charge in [0, 0.05) is 18.2 Å². The van der Waals surface area contributed by atoms with E-state index in [1.54, 1.807) is 0 Å². The molecule has 1 aliphatic carbocycles. The van der Waals surface area contributed by atoms with E-state index in [1.165, 1.54) is 27.8 Å². The molecule has 0 saturated carbocycles. The summed E-state index contributed by atoms with van der Waals surface area (Å²) in [6, 6.07) is 13.8. The lowest BCUT2D eigenvalue weighted by Crippen LogP contribution is -2.35. The van der Waals surface area contributed by atoms with E-state index in [-0.39, 0.29) is 0 Å². The van der Waals surface area contributed by atoms with Gasteiger partial charge in [-0.05, 0) is 54.6 Å². The van der Waals surface area contributed by atoms with Crippen molar-refractivity contribution in [1.29, 1.82) is 0 Å². The molecule has 1 aliphatic heterocycles. The third-order valence-corrected chi connectivity index (χ3v) is 5.25. The highest BCUT2D eigenvalue weighted by Gasteiger charge is 2.33. The molecule has 2 aliphatic rings. The van der Waals surface area contributed by atoms with Crippen LogP contribution >= 0.6 is 0 Å². The second-order valence-corrected chi connectivity index (χ2v) is 6.52. The number of nitrogens with zero attached hydrogens (tertiary/aromatic N) is 1. The molecule has 118 valence electrons. The highest BCUT2D eigenvalue weighted by Crippen LogP contribution is 2.46. The maximum Gasteiger partial charge on any atom is 0.119 e. The Bertz CT molecular complexity index is 777. The predicted octanol–water partition coefficient (Wildman–Crippen LogP) is 4.45. The Balaban J connectivity index is 1.95. The highest BCUT2D eigenvalue weighted by atomic mass is 16.5. The Morgan fingerprint density at radius 2 is 2.00 bits per heavy atom. The van der Waals surface area contributed by atoms with Gasteiger partial charge in [0.05, 0.1) is 6.61 Å². The Kier molecular flexibility index (Phi) is 3.50. The molecule has 2 aromatic rings. The molecule has 0 bridgehead atoms. The number of likely N-dealkylation sites (N-methyl/N-ethyl adjacent to an activating group) is 1. The van der Waals surface area contributed by atoms with Crippen molar-refractivity contribution in [3.05, 3.63) is 65.2 Å². The molecule has 0 saturated heterocycles. The van der Waals surface area contributed by atoms with Gasteiger partial charge in [0.1, 0.15) is 5.76 Å². The summed E-state index contributed by atoms with van der Waals surface area (Å²) in [6.07, 6.45) is 2.21. The van der Waals surface area contributed by atoms with Crippen molar-refractivity contribution >= 4 is 5.76 Å². The van der Waals surface area contributed by atoms with Crippen LogP contribution in [0.15, 0.2) is 43.0 Å². The van der Waals surface area contributed by atoms with Crippen LogP contribution in [0.4, 0.5) is 0 Å². The van der Waals surface area contributed by atoms with Gasteiger partial charge >= 0.3 is 0 Å². The van der Waals surface area contributed by atoms with E-state index in [9.17, 15) is 0 Å². The van der Waals surface area contributed by atoms with Crippen LogP contribution < -0.4 is 0 Å². The largest absolute Gasteiger partial charge is 0.494 e. The molecule has 23 heavy (non-hydrogen) atoms. The Morgan fingerprint density at radius 3 is 2.83 bits per heavy atom. The molecule has 0 radical (unpaired) electrons. The minimum atomic E-state index is 0.498. The van der Waals surface area contributed by atoms with Gasteiger partial charge < -0.3 is 4.74 Å². The van der Waals surface area contributed by atoms with E-state index in [0.717, 1.165) is 30.7 Å². The Hall–Kier alpha value is -2.06. The smallest absolute Gasteiger partial charge is 0.119 e. The molecule has 0 fully saturated rings. The van der Waals surface area contributed by atoms with E-state index < -0.39 is 0 Å². The summed E-state index contributed by atoms with van der Waals surface area (Å²) in [5.74, 6) is 0.782. The molecule has 0 amide bonds. The van der Waals surface area contributed by atoms with Crippen molar-refractivity contribution in [3.63, 3.8) is 0 Å². The SMILES string of the molecule is C=C(OCC)c1cccc2c1-c1cccc3c1[C@@H](C2)N(C)CC3. The molecular formula is C21H23NO. The second-order valence-electron chi connectivity index (χ2n) is 6.52. The van der Waals surface area contributed by atoms with Gasteiger partial charge in [0.2, 0.25) is 0 Å². The van der Waals surface area contributed by atoms with Crippen LogP contribution in [-0.2, 0) is 17.6 Å². The summed E-state index contributed by atoms with van der Waals surface area (Å²) < 4.78 is 5.72. The van der Waals surface area contributed by atoms with Crippen LogP contribution in [0.25, 0.3) is 16.9 Å². The first-order valence-corrected chi connectivity index (χ1v) is 8.47. The summed E-state index contributed by atoms with van der Waals surface area (Å²) >= 11 is 0. The van der Waals surface area contributed by atoms with Gasteiger partial charge in [-0.1, -0.05) is 43.0 Å². The van der Waals surface area contributed by atoms with Crippen LogP contribution in [0.1, 0.15) is 35.2 Å². The lowest BCUT2D eigenvalue weighted by atomic mass is 9.76. The third kappa shape index (κ3) is 2.21. The average molecular weight is 305 g/mol. The minimum Gasteiger partial charge on any atom is -0.494 e. The maximum atomic E-state index is 5.72. The number of fused-ring (bicyclic) bond motifs is 2. The summed E-state index contributed by atoms with van der Waals surface area (Å²) in [7, 11) is 2.25. The van der Waals surface area contributed by atoms with Crippen molar-refractivity contribution in [2.24, 2.45) is 0 Å². The molecule has 0 spiro atoms. The zero-order valence-corrected chi connectivity index (χ0v) is 13.9. The molecule has 1 heterocycles. The number of hydrogen-bond acceptors (Lipinski definition) is 2. The van der Waals surface area contributed by atoms with E-state index in [2.05, 4.69) is 54.9 Å². The number of ether oxygens (including phenoxy) is 1. The molecule has 4 rings (SSSR count). The van der Waals surface area contributed by atoms with E-state index in [4.69, 9.17) is 4.74 Å². The van der Waals surface area contributed by atoms with Gasteiger partial charge in [0.15, 0.2) is 0 Å². The molecule has 2 nitrogen and oxygen atoms in total. The van der Waals surface area contributed by atoms with Gasteiger partial charge in [-0.25, -0.2) is 0 Å². The van der Waals surface area contributed by atoms with Gasteiger partial charge in [-0.15, -0.1) is 0 Å². The summed E-state index contributed by atoms with van der Waals surface area (Å²) in [5.41, 5.74) is 8.28. The Morgan fingerprint density at radius 1 is 1.22 bits per heavy atom. The normalized spacial score (nSPS) is 19.0. The predicted molar refractivity (Wildman–Crippen MR) is 95.3 cm³/mol. The van der Waals surface area contributed by atoms with E-state index >= 15 is 0 Å².